The first-order valence-corrected chi connectivity index (χ1v) is 5.30. The Morgan fingerprint density at radius 1 is 1.40 bits per heavy atom. The molecular weight excluding hydrogens is 230 g/mol. The van der Waals surface area contributed by atoms with Gasteiger partial charge in [-0.25, -0.2) is 0 Å². The van der Waals surface area contributed by atoms with Gasteiger partial charge < -0.3 is 4.57 Å². The Morgan fingerprint density at radius 3 is 2.60 bits per heavy atom. The normalized spacial score (nSPS) is 10.5. The fraction of sp³-hybridized carbons (Fsp3) is 0.200. The first-order chi connectivity index (χ1) is 7.16. The molecule has 15 heavy (non-hydrogen) atoms. The zero-order chi connectivity index (χ0) is 10.8. The molecule has 0 bridgehead atoms. The topological polar surface area (TPSA) is 33.6 Å². The van der Waals surface area contributed by atoms with Crippen molar-refractivity contribution in [3.05, 3.63) is 45.4 Å². The number of nitrogens with one attached hydrogen (secondary N) is 1. The maximum atomic E-state index is 5.81. The van der Waals surface area contributed by atoms with Gasteiger partial charge in [-0.1, -0.05) is 23.7 Å². The van der Waals surface area contributed by atoms with Gasteiger partial charge in [-0.05, 0) is 29.9 Å². The van der Waals surface area contributed by atoms with Crippen LogP contribution >= 0.6 is 23.8 Å². The molecule has 1 N–H and O–H groups in total. The van der Waals surface area contributed by atoms with Crippen LogP contribution in [0.5, 0.6) is 0 Å². The van der Waals surface area contributed by atoms with Gasteiger partial charge in [-0.2, -0.15) is 5.10 Å². The number of hydrogen-bond acceptors (Lipinski definition) is 2. The molecule has 0 atom stereocenters. The van der Waals surface area contributed by atoms with E-state index in [1.807, 2.05) is 35.9 Å². The SMILES string of the molecule is Cn1c(Cc2ccc(Cl)cc2)n[nH]c1=S. The highest BCUT2D eigenvalue weighted by Gasteiger charge is 2.03. The minimum absolute atomic E-state index is 0.638. The number of aromatic amines is 1. The molecule has 0 unspecified atom stereocenters. The summed E-state index contributed by atoms with van der Waals surface area (Å²) in [5.74, 6) is 0.919. The first-order valence-electron chi connectivity index (χ1n) is 4.51. The number of hydrogen-bond donors (Lipinski definition) is 1. The lowest BCUT2D eigenvalue weighted by Gasteiger charge is -2.00. The highest BCUT2D eigenvalue weighted by molar-refractivity contribution is 7.71. The van der Waals surface area contributed by atoms with Crippen molar-refractivity contribution in [1.29, 1.82) is 0 Å². The Bertz CT molecular complexity index is 512. The molecule has 5 heteroatoms. The number of nitrogens with zero attached hydrogens (tertiary/aromatic N) is 2. The van der Waals surface area contributed by atoms with Crippen LogP contribution in [0.15, 0.2) is 24.3 Å². The van der Waals surface area contributed by atoms with Crippen molar-refractivity contribution in [1.82, 2.24) is 14.8 Å². The maximum Gasteiger partial charge on any atom is 0.194 e. The summed E-state index contributed by atoms with van der Waals surface area (Å²) in [6.07, 6.45) is 0.751. The van der Waals surface area contributed by atoms with Crippen molar-refractivity contribution in [3.8, 4) is 0 Å². The smallest absolute Gasteiger partial charge is 0.194 e. The molecule has 0 aliphatic rings. The number of H-pyrrole nitrogens is 1. The third-order valence-corrected chi connectivity index (χ3v) is 2.87. The van der Waals surface area contributed by atoms with Gasteiger partial charge in [0, 0.05) is 18.5 Å². The van der Waals surface area contributed by atoms with Gasteiger partial charge in [-0.3, -0.25) is 5.10 Å². The lowest BCUT2D eigenvalue weighted by atomic mass is 10.1. The Morgan fingerprint density at radius 2 is 2.07 bits per heavy atom. The molecule has 0 fully saturated rings. The van der Waals surface area contributed by atoms with Crippen LogP contribution in [0.1, 0.15) is 11.4 Å². The largest absolute Gasteiger partial charge is 0.307 e. The van der Waals surface area contributed by atoms with Gasteiger partial charge in [0.05, 0.1) is 0 Å². The molecule has 0 spiro atoms. The maximum absolute atomic E-state index is 5.81. The fourth-order valence-electron chi connectivity index (χ4n) is 1.32. The van der Waals surface area contributed by atoms with Crippen LogP contribution < -0.4 is 0 Å². The van der Waals surface area contributed by atoms with Crippen LogP contribution in [0.3, 0.4) is 0 Å². The van der Waals surface area contributed by atoms with E-state index in [1.54, 1.807) is 0 Å². The van der Waals surface area contributed by atoms with Crippen LogP contribution in [-0.2, 0) is 13.5 Å². The minimum Gasteiger partial charge on any atom is -0.307 e. The predicted octanol–water partition coefficient (Wildman–Crippen LogP) is 2.72. The molecule has 1 heterocycles. The zero-order valence-electron chi connectivity index (χ0n) is 8.20. The summed E-state index contributed by atoms with van der Waals surface area (Å²) >= 11 is 10.8. The second-order valence-electron chi connectivity index (χ2n) is 3.31. The van der Waals surface area contributed by atoms with Crippen molar-refractivity contribution in [2.45, 2.75) is 6.42 Å². The third kappa shape index (κ3) is 2.27. The van der Waals surface area contributed by atoms with E-state index in [1.165, 1.54) is 0 Å². The lowest BCUT2D eigenvalue weighted by Crippen LogP contribution is -1.98. The molecule has 1 aromatic heterocycles. The van der Waals surface area contributed by atoms with Crippen LogP contribution in [0.25, 0.3) is 0 Å². The molecule has 0 saturated heterocycles. The van der Waals surface area contributed by atoms with Crippen LogP contribution in [0.2, 0.25) is 5.02 Å². The van der Waals surface area contributed by atoms with Crippen molar-refractivity contribution < 1.29 is 0 Å². The molecule has 1 aromatic carbocycles. The Hall–Kier alpha value is -1.13. The van der Waals surface area contributed by atoms with E-state index in [0.717, 1.165) is 22.8 Å². The van der Waals surface area contributed by atoms with E-state index in [-0.39, 0.29) is 0 Å². The van der Waals surface area contributed by atoms with E-state index in [2.05, 4.69) is 10.2 Å². The average molecular weight is 240 g/mol. The van der Waals surface area contributed by atoms with Crippen molar-refractivity contribution in [3.63, 3.8) is 0 Å². The summed E-state index contributed by atoms with van der Waals surface area (Å²) in [5.41, 5.74) is 1.16. The first kappa shape index (κ1) is 10.4. The summed E-state index contributed by atoms with van der Waals surface area (Å²) < 4.78 is 2.50. The summed E-state index contributed by atoms with van der Waals surface area (Å²) in [5, 5.41) is 7.65. The molecule has 78 valence electrons. The van der Waals surface area contributed by atoms with E-state index in [0.29, 0.717) is 4.77 Å². The fourth-order valence-corrected chi connectivity index (χ4v) is 1.60. The monoisotopic (exact) mass is 239 g/mol. The second-order valence-corrected chi connectivity index (χ2v) is 4.13. The Labute approximate surface area is 97.7 Å². The molecule has 2 rings (SSSR count). The number of benzene rings is 1. The van der Waals surface area contributed by atoms with E-state index >= 15 is 0 Å². The summed E-state index contributed by atoms with van der Waals surface area (Å²) in [6, 6.07) is 7.72. The van der Waals surface area contributed by atoms with Gasteiger partial charge in [0.1, 0.15) is 5.82 Å². The molecule has 0 amide bonds. The molecule has 0 saturated carbocycles. The predicted molar refractivity (Wildman–Crippen MR) is 62.7 cm³/mol. The molecule has 3 nitrogen and oxygen atoms in total. The van der Waals surface area contributed by atoms with Gasteiger partial charge >= 0.3 is 0 Å². The highest BCUT2D eigenvalue weighted by Crippen LogP contribution is 2.12. The van der Waals surface area contributed by atoms with Crippen molar-refractivity contribution >= 4 is 23.8 Å². The van der Waals surface area contributed by atoms with Crippen LogP contribution in [0, 0.1) is 4.77 Å². The summed E-state index contributed by atoms with van der Waals surface area (Å²) in [4.78, 5) is 0. The third-order valence-electron chi connectivity index (χ3n) is 2.25. The second kappa shape index (κ2) is 4.16. The standard InChI is InChI=1S/C10H10ClN3S/c1-14-9(12-13-10(14)15)6-7-2-4-8(11)5-3-7/h2-5H,6H2,1H3,(H,13,15). The van der Waals surface area contributed by atoms with Gasteiger partial charge in [0.2, 0.25) is 0 Å². The van der Waals surface area contributed by atoms with Gasteiger partial charge in [0.25, 0.3) is 0 Å². The van der Waals surface area contributed by atoms with Gasteiger partial charge in [-0.15, -0.1) is 0 Å². The van der Waals surface area contributed by atoms with E-state index in [9.17, 15) is 0 Å². The van der Waals surface area contributed by atoms with E-state index in [4.69, 9.17) is 23.8 Å². The molecule has 2 aromatic rings. The van der Waals surface area contributed by atoms with E-state index < -0.39 is 0 Å². The van der Waals surface area contributed by atoms with Crippen molar-refractivity contribution in [2.24, 2.45) is 7.05 Å². The minimum atomic E-state index is 0.638. The zero-order valence-corrected chi connectivity index (χ0v) is 9.77. The number of aromatic nitrogens is 3. The summed E-state index contributed by atoms with van der Waals surface area (Å²) in [6.45, 7) is 0. The molecule has 0 aliphatic heterocycles. The Balaban J connectivity index is 2.26. The van der Waals surface area contributed by atoms with Crippen molar-refractivity contribution in [2.75, 3.05) is 0 Å². The highest BCUT2D eigenvalue weighted by atomic mass is 35.5. The lowest BCUT2D eigenvalue weighted by molar-refractivity contribution is 0.813. The molecule has 0 aliphatic carbocycles. The van der Waals surface area contributed by atoms with Gasteiger partial charge in [0.15, 0.2) is 4.77 Å². The number of halogens is 1. The summed E-state index contributed by atoms with van der Waals surface area (Å²) in [7, 11) is 1.90. The van der Waals surface area contributed by atoms with Crippen LogP contribution in [0.4, 0.5) is 0 Å². The quantitative estimate of drug-likeness (QED) is 0.818. The average Bonchev–Trinajstić information content (AvgIpc) is 2.53. The molecule has 0 radical (unpaired) electrons. The Kier molecular flexibility index (Phi) is 2.88. The molecular formula is C10H10ClN3S. The number of rotatable bonds is 2. The van der Waals surface area contributed by atoms with Crippen LogP contribution in [-0.4, -0.2) is 14.8 Å².